The number of aliphatic hydroxyl groups is 1. The molecule has 2 atom stereocenters. The number of aliphatic carboxylic acids is 1. The molecule has 0 aliphatic heterocycles. The molecule has 0 spiro atoms. The lowest BCUT2D eigenvalue weighted by molar-refractivity contribution is -0.141. The molecule has 2 rings (SSSR count). The SMILES string of the molecule is CC(C)(C)C(C)(O)CC=O.CCC(CC)(c1ccc(F)c(C)c1)c1ccc(C(=O)N(C)C(C)C(=O)O)c(C)c1. The fourth-order valence-corrected chi connectivity index (χ4v) is 4.38. The van der Waals surface area contributed by atoms with Crippen molar-refractivity contribution in [2.75, 3.05) is 7.05 Å². The summed E-state index contributed by atoms with van der Waals surface area (Å²) in [6, 6.07) is 10.1. The Morgan fingerprint density at radius 1 is 0.974 bits per heavy atom. The van der Waals surface area contributed by atoms with Gasteiger partial charge in [-0.25, -0.2) is 9.18 Å². The Kier molecular flexibility index (Phi) is 11.6. The fourth-order valence-electron chi connectivity index (χ4n) is 4.38. The monoisotopic (exact) mass is 543 g/mol. The molecular weight excluding hydrogens is 497 g/mol. The van der Waals surface area contributed by atoms with E-state index in [0.29, 0.717) is 11.1 Å². The number of carboxylic acid groups (broad SMARTS) is 1. The third-order valence-electron chi connectivity index (χ3n) is 8.28. The maximum Gasteiger partial charge on any atom is 0.326 e. The number of aldehydes is 1. The van der Waals surface area contributed by atoms with Gasteiger partial charge in [-0.3, -0.25) is 4.79 Å². The van der Waals surface area contributed by atoms with Gasteiger partial charge >= 0.3 is 5.97 Å². The van der Waals surface area contributed by atoms with E-state index in [2.05, 4.69) is 13.8 Å². The average Bonchev–Trinajstić information content (AvgIpc) is 2.85. The zero-order valence-electron chi connectivity index (χ0n) is 25.2. The van der Waals surface area contributed by atoms with Crippen LogP contribution < -0.4 is 0 Å². The molecule has 0 radical (unpaired) electrons. The molecule has 1 amide bonds. The Bertz CT molecular complexity index is 1160. The molecule has 0 aliphatic carbocycles. The number of aryl methyl sites for hydroxylation is 2. The van der Waals surface area contributed by atoms with Crippen LogP contribution in [0.5, 0.6) is 0 Å². The third kappa shape index (κ3) is 7.75. The molecule has 0 fully saturated rings. The van der Waals surface area contributed by atoms with Gasteiger partial charge in [-0.1, -0.05) is 58.9 Å². The number of likely N-dealkylation sites (N-methyl/N-ethyl adjacent to an activating group) is 1. The van der Waals surface area contributed by atoms with Crippen molar-refractivity contribution in [1.82, 2.24) is 4.90 Å². The number of nitrogens with zero attached hydrogens (tertiary/aromatic N) is 1. The molecule has 216 valence electrons. The second kappa shape index (κ2) is 13.3. The predicted octanol–water partition coefficient (Wildman–Crippen LogP) is 6.47. The summed E-state index contributed by atoms with van der Waals surface area (Å²) in [4.78, 5) is 35.3. The van der Waals surface area contributed by atoms with Crippen molar-refractivity contribution in [3.05, 3.63) is 70.0 Å². The molecule has 2 aromatic rings. The van der Waals surface area contributed by atoms with Gasteiger partial charge in [0, 0.05) is 24.4 Å². The molecular formula is C32H46FNO5. The van der Waals surface area contributed by atoms with E-state index < -0.39 is 17.6 Å². The second-order valence-electron chi connectivity index (χ2n) is 11.6. The zero-order chi connectivity index (χ0) is 30.3. The van der Waals surface area contributed by atoms with Gasteiger partial charge in [-0.2, -0.15) is 0 Å². The van der Waals surface area contributed by atoms with Crippen molar-refractivity contribution in [2.24, 2.45) is 5.41 Å². The first-order valence-corrected chi connectivity index (χ1v) is 13.4. The van der Waals surface area contributed by atoms with Crippen LogP contribution in [0.3, 0.4) is 0 Å². The number of benzene rings is 2. The standard InChI is InChI=1S/C24H30FNO3.C8H16O2/c1-7-24(8-2,19-10-12-21(25)16(4)14-19)18-9-11-20(15(3)13-18)22(27)26(6)17(5)23(28)29;1-7(2,3)8(4,10)5-6-9/h9-14,17H,7-8H2,1-6H3,(H,28,29);6,10H,5H2,1-4H3. The summed E-state index contributed by atoms with van der Waals surface area (Å²) in [5, 5.41) is 18.8. The maximum atomic E-state index is 13.8. The number of carbonyl (C=O) groups is 3. The van der Waals surface area contributed by atoms with Gasteiger partial charge < -0.3 is 19.9 Å². The highest BCUT2D eigenvalue weighted by atomic mass is 19.1. The van der Waals surface area contributed by atoms with Crippen molar-refractivity contribution >= 4 is 18.2 Å². The zero-order valence-corrected chi connectivity index (χ0v) is 25.2. The van der Waals surface area contributed by atoms with Gasteiger partial charge in [-0.05, 0) is 80.3 Å². The number of carboxylic acids is 1. The molecule has 0 aromatic heterocycles. The minimum absolute atomic E-state index is 0.205. The number of hydrogen-bond donors (Lipinski definition) is 2. The van der Waals surface area contributed by atoms with Gasteiger partial charge in [0.05, 0.1) is 5.60 Å². The first-order valence-electron chi connectivity index (χ1n) is 13.4. The molecule has 2 N–H and O–H groups in total. The summed E-state index contributed by atoms with van der Waals surface area (Å²) in [6.07, 6.45) is 2.62. The Balaban J connectivity index is 0.000000646. The number of rotatable bonds is 9. The van der Waals surface area contributed by atoms with Crippen LogP contribution in [0.1, 0.15) is 100 Å². The fraction of sp³-hybridized carbons (Fsp3) is 0.531. The molecule has 2 unspecified atom stereocenters. The third-order valence-corrected chi connectivity index (χ3v) is 8.28. The van der Waals surface area contributed by atoms with E-state index in [1.807, 2.05) is 52.0 Å². The van der Waals surface area contributed by atoms with Gasteiger partial charge in [0.15, 0.2) is 0 Å². The number of carbonyl (C=O) groups excluding carboxylic acids is 2. The van der Waals surface area contributed by atoms with Gasteiger partial charge in [0.2, 0.25) is 0 Å². The Labute approximate surface area is 233 Å². The summed E-state index contributed by atoms with van der Waals surface area (Å²) in [7, 11) is 1.50. The average molecular weight is 544 g/mol. The van der Waals surface area contributed by atoms with Gasteiger partial charge in [0.1, 0.15) is 18.1 Å². The number of amides is 1. The molecule has 0 saturated heterocycles. The molecule has 0 heterocycles. The van der Waals surface area contributed by atoms with E-state index in [1.165, 1.54) is 24.9 Å². The Morgan fingerprint density at radius 2 is 1.46 bits per heavy atom. The largest absolute Gasteiger partial charge is 0.480 e. The van der Waals surface area contributed by atoms with Crippen LogP contribution in [0.2, 0.25) is 0 Å². The molecule has 0 saturated carbocycles. The van der Waals surface area contributed by atoms with E-state index in [4.69, 9.17) is 0 Å². The smallest absolute Gasteiger partial charge is 0.326 e. The topological polar surface area (TPSA) is 94.9 Å². The second-order valence-corrected chi connectivity index (χ2v) is 11.6. The summed E-state index contributed by atoms with van der Waals surface area (Å²) >= 11 is 0. The van der Waals surface area contributed by atoms with E-state index in [1.54, 1.807) is 19.9 Å². The van der Waals surface area contributed by atoms with Crippen LogP contribution in [-0.4, -0.2) is 52.0 Å². The minimum Gasteiger partial charge on any atom is -0.480 e. The van der Waals surface area contributed by atoms with Crippen LogP contribution >= 0.6 is 0 Å². The van der Waals surface area contributed by atoms with Crippen molar-refractivity contribution in [3.8, 4) is 0 Å². The lowest BCUT2D eigenvalue weighted by Gasteiger charge is -2.35. The first-order chi connectivity index (χ1) is 17.9. The normalized spacial score (nSPS) is 13.9. The van der Waals surface area contributed by atoms with Gasteiger partial charge in [0.25, 0.3) is 5.91 Å². The van der Waals surface area contributed by atoms with Crippen LogP contribution in [0.15, 0.2) is 36.4 Å². The summed E-state index contributed by atoms with van der Waals surface area (Å²) in [5.41, 5.74) is 2.62. The summed E-state index contributed by atoms with van der Waals surface area (Å²) in [5.74, 6) is -1.58. The molecule has 7 heteroatoms. The number of hydrogen-bond acceptors (Lipinski definition) is 4. The quantitative estimate of drug-likeness (QED) is 0.354. The van der Waals surface area contributed by atoms with Crippen LogP contribution in [0, 0.1) is 25.1 Å². The highest BCUT2D eigenvalue weighted by Gasteiger charge is 2.34. The van der Waals surface area contributed by atoms with Gasteiger partial charge in [-0.15, -0.1) is 0 Å². The van der Waals surface area contributed by atoms with E-state index in [9.17, 15) is 29.0 Å². The summed E-state index contributed by atoms with van der Waals surface area (Å²) < 4.78 is 13.8. The van der Waals surface area contributed by atoms with E-state index in [-0.39, 0.29) is 29.0 Å². The lowest BCUT2D eigenvalue weighted by atomic mass is 9.70. The van der Waals surface area contributed by atoms with Crippen LogP contribution in [0.25, 0.3) is 0 Å². The van der Waals surface area contributed by atoms with E-state index in [0.717, 1.165) is 35.8 Å². The number of halogens is 1. The van der Waals surface area contributed by atoms with Crippen molar-refractivity contribution in [1.29, 1.82) is 0 Å². The molecule has 0 aliphatic rings. The summed E-state index contributed by atoms with van der Waals surface area (Å²) in [6.45, 7) is 16.8. The van der Waals surface area contributed by atoms with Crippen LogP contribution in [0.4, 0.5) is 4.39 Å². The molecule has 6 nitrogen and oxygen atoms in total. The molecule has 39 heavy (non-hydrogen) atoms. The van der Waals surface area contributed by atoms with Crippen molar-refractivity contribution in [2.45, 2.75) is 98.6 Å². The van der Waals surface area contributed by atoms with Crippen molar-refractivity contribution < 1.29 is 29.0 Å². The Hall–Kier alpha value is -3.06. The maximum absolute atomic E-state index is 13.8. The minimum atomic E-state index is -1.04. The lowest BCUT2D eigenvalue weighted by Crippen LogP contribution is -2.40. The van der Waals surface area contributed by atoms with Crippen molar-refractivity contribution in [3.63, 3.8) is 0 Å². The van der Waals surface area contributed by atoms with Crippen LogP contribution in [-0.2, 0) is 15.0 Å². The Morgan fingerprint density at radius 3 is 1.82 bits per heavy atom. The van der Waals surface area contributed by atoms with E-state index >= 15 is 0 Å². The predicted molar refractivity (Wildman–Crippen MR) is 154 cm³/mol. The first kappa shape index (κ1) is 34.0. The molecule has 0 bridgehead atoms. The highest BCUT2D eigenvalue weighted by Crippen LogP contribution is 2.40. The molecule has 2 aromatic carbocycles. The highest BCUT2D eigenvalue weighted by molar-refractivity contribution is 5.97.